The lowest BCUT2D eigenvalue weighted by Gasteiger charge is -2.35. The highest BCUT2D eigenvalue weighted by molar-refractivity contribution is 6.34. The van der Waals surface area contributed by atoms with E-state index in [1.807, 2.05) is 30.3 Å². The molecule has 1 fully saturated rings. The number of nitrogens with zero attached hydrogens (tertiary/aromatic N) is 4. The Hall–Kier alpha value is -2.21. The van der Waals surface area contributed by atoms with Crippen molar-refractivity contribution in [2.24, 2.45) is 0 Å². The van der Waals surface area contributed by atoms with Crippen molar-refractivity contribution in [3.63, 3.8) is 0 Å². The van der Waals surface area contributed by atoms with Gasteiger partial charge in [-0.3, -0.25) is 9.69 Å². The van der Waals surface area contributed by atoms with Crippen molar-refractivity contribution in [3.8, 4) is 11.1 Å². The molecule has 1 aromatic heterocycles. The molecule has 144 valence electrons. The Kier molecular flexibility index (Phi) is 5.49. The van der Waals surface area contributed by atoms with Crippen LogP contribution in [0, 0.1) is 0 Å². The average molecular weight is 415 g/mol. The first-order valence-corrected chi connectivity index (χ1v) is 9.94. The number of halogens is 2. The molecule has 0 saturated carbocycles. The van der Waals surface area contributed by atoms with E-state index in [2.05, 4.69) is 25.8 Å². The number of carbonyl (C=O) groups excluding carboxylic acids is 1. The molecule has 0 bridgehead atoms. The lowest BCUT2D eigenvalue weighted by Crippen LogP contribution is -2.48. The van der Waals surface area contributed by atoms with E-state index in [0.29, 0.717) is 16.6 Å². The molecular formula is C21H20Cl2N4O. The molecule has 0 aliphatic carbocycles. The van der Waals surface area contributed by atoms with Gasteiger partial charge in [-0.05, 0) is 36.8 Å². The fraction of sp³-hybridized carbons (Fsp3) is 0.286. The number of fused-ring (bicyclic) bond motifs is 1. The summed E-state index contributed by atoms with van der Waals surface area (Å²) in [5.41, 5.74) is 2.74. The van der Waals surface area contributed by atoms with Crippen LogP contribution in [0.25, 0.3) is 22.0 Å². The number of Topliss-reactive ketones (excluding diaryl/α,β-unsaturated/α-hetero) is 1. The topological polar surface area (TPSA) is 49.3 Å². The van der Waals surface area contributed by atoms with Crippen LogP contribution in [0.5, 0.6) is 0 Å². The molecule has 0 radical (unpaired) electrons. The lowest BCUT2D eigenvalue weighted by molar-refractivity contribution is -0.118. The molecule has 1 aliphatic heterocycles. The third-order valence-electron chi connectivity index (χ3n) is 4.98. The maximum absolute atomic E-state index is 11.4. The van der Waals surface area contributed by atoms with Gasteiger partial charge in [0.05, 0.1) is 17.1 Å². The Morgan fingerprint density at radius 3 is 2.43 bits per heavy atom. The Bertz CT molecular complexity index is 1010. The summed E-state index contributed by atoms with van der Waals surface area (Å²) < 4.78 is 0. The van der Waals surface area contributed by atoms with Gasteiger partial charge >= 0.3 is 0 Å². The quantitative estimate of drug-likeness (QED) is 0.636. The predicted molar refractivity (Wildman–Crippen MR) is 114 cm³/mol. The summed E-state index contributed by atoms with van der Waals surface area (Å²) in [5, 5.41) is 2.30. The Labute approximate surface area is 173 Å². The minimum Gasteiger partial charge on any atom is -0.353 e. The van der Waals surface area contributed by atoms with E-state index < -0.39 is 0 Å². The molecule has 7 heteroatoms. The van der Waals surface area contributed by atoms with Crippen LogP contribution in [0.2, 0.25) is 10.0 Å². The van der Waals surface area contributed by atoms with Crippen LogP contribution in [0.4, 0.5) is 5.82 Å². The number of ketones is 1. The average Bonchev–Trinajstić information content (AvgIpc) is 2.68. The third kappa shape index (κ3) is 3.97. The minimum atomic E-state index is 0.197. The largest absolute Gasteiger partial charge is 0.353 e. The maximum Gasteiger partial charge on any atom is 0.143 e. The molecule has 0 unspecified atom stereocenters. The van der Waals surface area contributed by atoms with Gasteiger partial charge in [0.25, 0.3) is 0 Å². The molecule has 28 heavy (non-hydrogen) atoms. The first-order valence-electron chi connectivity index (χ1n) is 9.18. The predicted octanol–water partition coefficient (Wildman–Crippen LogP) is 4.31. The van der Waals surface area contributed by atoms with Gasteiger partial charge < -0.3 is 4.90 Å². The molecule has 2 heterocycles. The number of rotatable bonds is 4. The second kappa shape index (κ2) is 8.03. The highest BCUT2D eigenvalue weighted by Gasteiger charge is 2.21. The molecule has 0 atom stereocenters. The van der Waals surface area contributed by atoms with Crippen LogP contribution in [-0.4, -0.2) is 53.4 Å². The zero-order valence-corrected chi connectivity index (χ0v) is 17.0. The molecule has 0 N–H and O–H groups in total. The van der Waals surface area contributed by atoms with Crippen LogP contribution >= 0.6 is 23.2 Å². The van der Waals surface area contributed by atoms with Crippen molar-refractivity contribution in [1.29, 1.82) is 0 Å². The van der Waals surface area contributed by atoms with Crippen LogP contribution in [0.15, 0.2) is 42.7 Å². The first kappa shape index (κ1) is 19.1. The fourth-order valence-corrected chi connectivity index (χ4v) is 3.99. The number of carbonyl (C=O) groups is 1. The summed E-state index contributed by atoms with van der Waals surface area (Å²) in [7, 11) is 0. The van der Waals surface area contributed by atoms with Gasteiger partial charge in [-0.1, -0.05) is 35.3 Å². The minimum absolute atomic E-state index is 0.197. The van der Waals surface area contributed by atoms with Gasteiger partial charge in [-0.15, -0.1) is 0 Å². The second-order valence-corrected chi connectivity index (χ2v) is 7.86. The molecule has 0 amide bonds. The highest BCUT2D eigenvalue weighted by atomic mass is 35.5. The van der Waals surface area contributed by atoms with Crippen LogP contribution in [-0.2, 0) is 4.79 Å². The van der Waals surface area contributed by atoms with E-state index in [1.54, 1.807) is 13.3 Å². The monoisotopic (exact) mass is 414 g/mol. The highest BCUT2D eigenvalue weighted by Crippen LogP contribution is 2.35. The van der Waals surface area contributed by atoms with Gasteiger partial charge in [0.15, 0.2) is 0 Å². The SMILES string of the molecule is CC(=O)CN1CCN(c2ncnc3cc(Cl)c(-c4ccc(Cl)cc4)cc23)CC1. The summed E-state index contributed by atoms with van der Waals surface area (Å²) >= 11 is 12.6. The van der Waals surface area contributed by atoms with E-state index in [0.717, 1.165) is 54.0 Å². The molecule has 0 spiro atoms. The van der Waals surface area contributed by atoms with E-state index in [1.165, 1.54) is 0 Å². The summed E-state index contributed by atoms with van der Waals surface area (Å²) in [5.74, 6) is 1.10. The Morgan fingerprint density at radius 1 is 1.04 bits per heavy atom. The van der Waals surface area contributed by atoms with Crippen molar-refractivity contribution in [2.45, 2.75) is 6.92 Å². The number of hydrogen-bond donors (Lipinski definition) is 0. The van der Waals surface area contributed by atoms with E-state index >= 15 is 0 Å². The van der Waals surface area contributed by atoms with E-state index in [-0.39, 0.29) is 5.78 Å². The summed E-state index contributed by atoms with van der Waals surface area (Å²) in [6.45, 7) is 5.45. The molecule has 1 aliphatic rings. The zero-order chi connectivity index (χ0) is 19.7. The molecule has 2 aromatic carbocycles. The number of aromatic nitrogens is 2. The van der Waals surface area contributed by atoms with Gasteiger partial charge in [-0.25, -0.2) is 9.97 Å². The third-order valence-corrected chi connectivity index (χ3v) is 5.54. The molecule has 3 aromatic rings. The Morgan fingerprint density at radius 2 is 1.75 bits per heavy atom. The van der Waals surface area contributed by atoms with Gasteiger partial charge in [0.1, 0.15) is 17.9 Å². The molecule has 5 nitrogen and oxygen atoms in total. The second-order valence-electron chi connectivity index (χ2n) is 7.02. The standard InChI is InChI=1S/C21H20Cl2N4O/c1-14(28)12-26-6-8-27(9-7-26)21-18-10-17(15-2-4-16(22)5-3-15)19(23)11-20(18)24-13-25-21/h2-5,10-11,13H,6-9,12H2,1H3. The van der Waals surface area contributed by atoms with Crippen molar-refractivity contribution >= 4 is 45.7 Å². The Balaban J connectivity index is 1.69. The molecule has 1 saturated heterocycles. The number of benzene rings is 2. The number of piperazine rings is 1. The number of hydrogen-bond acceptors (Lipinski definition) is 5. The summed E-state index contributed by atoms with van der Waals surface area (Å²) in [6.07, 6.45) is 1.58. The zero-order valence-electron chi connectivity index (χ0n) is 15.5. The fourth-order valence-electron chi connectivity index (χ4n) is 3.60. The maximum atomic E-state index is 11.4. The lowest BCUT2D eigenvalue weighted by atomic mass is 10.0. The smallest absolute Gasteiger partial charge is 0.143 e. The van der Waals surface area contributed by atoms with Gasteiger partial charge in [0, 0.05) is 42.2 Å². The number of anilines is 1. The van der Waals surface area contributed by atoms with E-state index in [4.69, 9.17) is 23.2 Å². The van der Waals surface area contributed by atoms with Crippen LogP contribution in [0.1, 0.15) is 6.92 Å². The van der Waals surface area contributed by atoms with E-state index in [9.17, 15) is 4.79 Å². The van der Waals surface area contributed by atoms with Gasteiger partial charge in [0.2, 0.25) is 0 Å². The van der Waals surface area contributed by atoms with Crippen molar-refractivity contribution in [3.05, 3.63) is 52.8 Å². The summed E-state index contributed by atoms with van der Waals surface area (Å²) in [4.78, 5) is 24.8. The van der Waals surface area contributed by atoms with Crippen molar-refractivity contribution < 1.29 is 4.79 Å². The van der Waals surface area contributed by atoms with Crippen molar-refractivity contribution in [2.75, 3.05) is 37.6 Å². The molecular weight excluding hydrogens is 395 g/mol. The normalized spacial score (nSPS) is 15.2. The van der Waals surface area contributed by atoms with Crippen LogP contribution in [0.3, 0.4) is 0 Å². The first-order chi connectivity index (χ1) is 13.5. The van der Waals surface area contributed by atoms with Crippen LogP contribution < -0.4 is 4.90 Å². The molecule has 4 rings (SSSR count). The van der Waals surface area contributed by atoms with Crippen molar-refractivity contribution in [1.82, 2.24) is 14.9 Å². The van der Waals surface area contributed by atoms with Gasteiger partial charge in [-0.2, -0.15) is 0 Å². The summed E-state index contributed by atoms with van der Waals surface area (Å²) in [6, 6.07) is 11.6.